The van der Waals surface area contributed by atoms with E-state index in [0.717, 1.165) is 35.6 Å². The highest BCUT2D eigenvalue weighted by Gasteiger charge is 2.77. The van der Waals surface area contributed by atoms with Gasteiger partial charge in [-0.2, -0.15) is 0 Å². The molecule has 1 unspecified atom stereocenters. The largest absolute Gasteiger partial charge is 0.301 e. The van der Waals surface area contributed by atoms with E-state index >= 15 is 14.0 Å². The molecule has 6 heteroatoms. The fourth-order valence-electron chi connectivity index (χ4n) is 9.22. The van der Waals surface area contributed by atoms with Crippen molar-refractivity contribution >= 4 is 28.4 Å². The number of carbonyl (C=O) groups is 2. The molecule has 4 aromatic carbocycles. The van der Waals surface area contributed by atoms with E-state index in [2.05, 4.69) is 9.80 Å². The average molecular weight is 575 g/mol. The molecule has 0 bridgehead atoms. The maximum absolute atomic E-state index is 16.0. The minimum absolute atomic E-state index is 0.0843. The van der Waals surface area contributed by atoms with Crippen LogP contribution in [0.15, 0.2) is 90.5 Å². The Morgan fingerprint density at radius 3 is 2.37 bits per heavy atom. The van der Waals surface area contributed by atoms with E-state index in [-0.39, 0.29) is 30.0 Å². The summed E-state index contributed by atoms with van der Waals surface area (Å²) < 4.78 is 31.0. The van der Waals surface area contributed by atoms with E-state index < -0.39 is 22.7 Å². The number of hydrogen-bond donors (Lipinski definition) is 0. The monoisotopic (exact) mass is 574 g/mol. The summed E-state index contributed by atoms with van der Waals surface area (Å²) >= 11 is 0. The summed E-state index contributed by atoms with van der Waals surface area (Å²) in [5.41, 5.74) is 0.0208. The standard InChI is InChI=1S/C37H32F2N2O2/c1-40-21-25(20-24-10-2-4-16-29(24)38)34(42)36(22-40)33(26-13-3-5-17-30(26)39)31-18-6-7-19-41(31)37(36)28-15-9-12-23-11-8-14-27(32(23)28)35(37)43/h2-5,8-17,20,31,33H,6-7,18-19,21-22H2,1H3/b25-20+/t31-,33-,36?,37-/m0/s1. The molecule has 43 heavy (non-hydrogen) atoms. The number of Topliss-reactive ketones (excluding diaryl/α,β-unsaturated/α-hetero) is 2. The Hall–Kier alpha value is -4.00. The summed E-state index contributed by atoms with van der Waals surface area (Å²) in [4.78, 5) is 35.1. The number of halogens is 2. The maximum Gasteiger partial charge on any atom is 0.189 e. The number of likely N-dealkylation sites (tertiary alicyclic amines) is 1. The first-order chi connectivity index (χ1) is 20.9. The number of carbonyl (C=O) groups excluding carboxylic acids is 2. The van der Waals surface area contributed by atoms with Gasteiger partial charge in [-0.1, -0.05) is 79.2 Å². The van der Waals surface area contributed by atoms with E-state index in [0.29, 0.717) is 35.4 Å². The van der Waals surface area contributed by atoms with Gasteiger partial charge in [0.2, 0.25) is 0 Å². The molecule has 3 aliphatic heterocycles. The highest BCUT2D eigenvalue weighted by Crippen LogP contribution is 2.69. The van der Waals surface area contributed by atoms with Gasteiger partial charge in [-0.05, 0) is 66.5 Å². The van der Waals surface area contributed by atoms with Crippen LogP contribution in [0.5, 0.6) is 0 Å². The molecule has 0 N–H and O–H groups in total. The van der Waals surface area contributed by atoms with Crippen molar-refractivity contribution in [2.75, 3.05) is 26.7 Å². The summed E-state index contributed by atoms with van der Waals surface area (Å²) in [5, 5.41) is 1.84. The smallest absolute Gasteiger partial charge is 0.189 e. The molecular formula is C37H32F2N2O2. The molecule has 0 aromatic heterocycles. The second kappa shape index (κ2) is 9.50. The van der Waals surface area contributed by atoms with E-state index in [1.165, 1.54) is 12.1 Å². The van der Waals surface area contributed by atoms with Gasteiger partial charge in [0.15, 0.2) is 11.6 Å². The van der Waals surface area contributed by atoms with Crippen LogP contribution in [0.1, 0.15) is 52.2 Å². The lowest BCUT2D eigenvalue weighted by Crippen LogP contribution is -2.65. The molecule has 3 saturated heterocycles. The van der Waals surface area contributed by atoms with Gasteiger partial charge in [-0.25, -0.2) is 8.78 Å². The number of fused-ring (bicyclic) bond motifs is 4. The molecule has 1 aliphatic carbocycles. The summed E-state index contributed by atoms with van der Waals surface area (Å²) in [7, 11) is 1.94. The fourth-order valence-corrected chi connectivity index (χ4v) is 9.22. The Kier molecular flexibility index (Phi) is 5.88. The van der Waals surface area contributed by atoms with E-state index in [9.17, 15) is 4.39 Å². The molecule has 4 aliphatic rings. The van der Waals surface area contributed by atoms with Crippen molar-refractivity contribution in [1.82, 2.24) is 9.80 Å². The molecule has 0 radical (unpaired) electrons. The molecule has 0 saturated carbocycles. The molecule has 4 aromatic rings. The summed E-state index contributed by atoms with van der Waals surface area (Å²) in [5.74, 6) is -1.63. The lowest BCUT2D eigenvalue weighted by Gasteiger charge is -2.52. The van der Waals surface area contributed by atoms with Crippen LogP contribution in [-0.2, 0) is 10.3 Å². The zero-order valence-electron chi connectivity index (χ0n) is 24.0. The van der Waals surface area contributed by atoms with Gasteiger partial charge in [-0.3, -0.25) is 14.5 Å². The number of nitrogens with zero attached hydrogens (tertiary/aromatic N) is 2. The topological polar surface area (TPSA) is 40.6 Å². The zero-order valence-corrected chi connectivity index (χ0v) is 24.0. The Labute approximate surface area is 249 Å². The zero-order chi connectivity index (χ0) is 29.5. The van der Waals surface area contributed by atoms with Crippen LogP contribution in [0.3, 0.4) is 0 Å². The van der Waals surface area contributed by atoms with Gasteiger partial charge in [0.25, 0.3) is 0 Å². The summed E-state index contributed by atoms with van der Waals surface area (Å²) in [6.07, 6.45) is 4.22. The average Bonchev–Trinajstić information content (AvgIpc) is 3.42. The minimum Gasteiger partial charge on any atom is -0.301 e. The summed E-state index contributed by atoms with van der Waals surface area (Å²) in [6, 6.07) is 24.7. The number of rotatable bonds is 2. The Morgan fingerprint density at radius 1 is 0.837 bits per heavy atom. The van der Waals surface area contributed by atoms with Gasteiger partial charge in [0.05, 0.1) is 5.41 Å². The third kappa shape index (κ3) is 3.36. The SMILES string of the molecule is CN1C/C(=C\c2ccccc2F)C(=O)C2(C1)[C@@H](c1ccccc1F)[C@@H]1CCCCN1[C@@]21C(=O)c2cccc3cccc1c23. The quantitative estimate of drug-likeness (QED) is 0.249. The number of likely N-dealkylation sites (N-methyl/N-ethyl adjacent to an activating group) is 1. The molecular weight excluding hydrogens is 542 g/mol. The second-order valence-electron chi connectivity index (χ2n) is 12.7. The van der Waals surface area contributed by atoms with E-state index in [4.69, 9.17) is 0 Å². The predicted molar refractivity (Wildman–Crippen MR) is 163 cm³/mol. The first-order valence-electron chi connectivity index (χ1n) is 15.2. The van der Waals surface area contributed by atoms with Crippen LogP contribution < -0.4 is 0 Å². The van der Waals surface area contributed by atoms with E-state index in [1.807, 2.05) is 49.5 Å². The Bertz CT molecular complexity index is 1860. The molecule has 3 fully saturated rings. The minimum atomic E-state index is -1.35. The maximum atomic E-state index is 16.0. The van der Waals surface area contributed by atoms with Gasteiger partial charge in [0, 0.05) is 41.7 Å². The molecule has 216 valence electrons. The molecule has 2 spiro atoms. The molecule has 0 amide bonds. The lowest BCUT2D eigenvalue weighted by atomic mass is 9.54. The van der Waals surface area contributed by atoms with Gasteiger partial charge in [0.1, 0.15) is 17.2 Å². The first kappa shape index (κ1) is 26.6. The van der Waals surface area contributed by atoms with Crippen LogP contribution in [0.25, 0.3) is 16.8 Å². The molecule has 4 atom stereocenters. The second-order valence-corrected chi connectivity index (χ2v) is 12.7. The number of hydrogen-bond acceptors (Lipinski definition) is 4. The van der Waals surface area contributed by atoms with Crippen molar-refractivity contribution in [1.29, 1.82) is 0 Å². The van der Waals surface area contributed by atoms with Crippen molar-refractivity contribution in [3.63, 3.8) is 0 Å². The Morgan fingerprint density at radius 2 is 1.58 bits per heavy atom. The van der Waals surface area contributed by atoms with E-state index in [1.54, 1.807) is 36.4 Å². The molecule has 3 heterocycles. The van der Waals surface area contributed by atoms with Crippen molar-refractivity contribution in [2.24, 2.45) is 5.41 Å². The lowest BCUT2D eigenvalue weighted by molar-refractivity contribution is -0.134. The van der Waals surface area contributed by atoms with Gasteiger partial charge >= 0.3 is 0 Å². The van der Waals surface area contributed by atoms with Crippen molar-refractivity contribution in [3.05, 3.63) is 124 Å². The predicted octanol–water partition coefficient (Wildman–Crippen LogP) is 6.75. The fraction of sp³-hybridized carbons (Fsp3) is 0.297. The number of benzene rings is 4. The normalized spacial score (nSPS) is 29.8. The molecule has 8 rings (SSSR count). The first-order valence-corrected chi connectivity index (χ1v) is 15.2. The summed E-state index contributed by atoms with van der Waals surface area (Å²) in [6.45, 7) is 1.23. The van der Waals surface area contributed by atoms with Crippen LogP contribution in [0, 0.1) is 17.0 Å². The molecule has 4 nitrogen and oxygen atoms in total. The highest BCUT2D eigenvalue weighted by atomic mass is 19.1. The van der Waals surface area contributed by atoms with Gasteiger partial charge < -0.3 is 4.90 Å². The number of piperidine rings is 2. The van der Waals surface area contributed by atoms with Crippen LogP contribution in [-0.4, -0.2) is 54.1 Å². The van der Waals surface area contributed by atoms with Gasteiger partial charge in [-0.15, -0.1) is 0 Å². The Balaban J connectivity index is 1.49. The third-order valence-corrected chi connectivity index (χ3v) is 10.5. The highest BCUT2D eigenvalue weighted by molar-refractivity contribution is 6.24. The van der Waals surface area contributed by atoms with Crippen molar-refractivity contribution in [2.45, 2.75) is 36.8 Å². The van der Waals surface area contributed by atoms with Crippen molar-refractivity contribution in [3.8, 4) is 0 Å². The van der Waals surface area contributed by atoms with Crippen molar-refractivity contribution < 1.29 is 18.4 Å². The van der Waals surface area contributed by atoms with Crippen LogP contribution in [0.2, 0.25) is 0 Å². The van der Waals surface area contributed by atoms with Crippen LogP contribution in [0.4, 0.5) is 8.78 Å². The van der Waals surface area contributed by atoms with Crippen LogP contribution >= 0.6 is 0 Å². The third-order valence-electron chi connectivity index (χ3n) is 10.5. The number of ketones is 2.